The number of methoxy groups -OCH3 is 1. The minimum atomic E-state index is -0.352. The van der Waals surface area contributed by atoms with Gasteiger partial charge < -0.3 is 14.4 Å². The Balaban J connectivity index is 1.81. The van der Waals surface area contributed by atoms with Gasteiger partial charge >= 0.3 is 6.09 Å². The Hall–Kier alpha value is -2.58. The number of carbonyl (C=O) groups is 1. The Morgan fingerprint density at radius 1 is 1.30 bits per heavy atom. The van der Waals surface area contributed by atoms with Crippen LogP contribution >= 0.6 is 11.8 Å². The average molecular weight is 470 g/mol. The Morgan fingerprint density at radius 3 is 2.76 bits per heavy atom. The third kappa shape index (κ3) is 4.46. The van der Waals surface area contributed by atoms with Crippen molar-refractivity contribution < 1.29 is 14.3 Å². The largest absolute Gasteiger partial charge is 0.450 e. The van der Waals surface area contributed by atoms with Crippen LogP contribution in [0.2, 0.25) is 0 Å². The van der Waals surface area contributed by atoms with E-state index >= 15 is 0 Å². The quantitative estimate of drug-likeness (QED) is 0.265. The summed E-state index contributed by atoms with van der Waals surface area (Å²) in [5, 5.41) is 0.687. The number of aromatic nitrogens is 2. The molecule has 1 spiro atoms. The molecule has 0 bridgehead atoms. The summed E-state index contributed by atoms with van der Waals surface area (Å²) in [5.74, 6) is 0.708. The number of nitrogens with zero attached hydrogens (tertiary/aromatic N) is 3. The molecule has 1 saturated heterocycles. The summed E-state index contributed by atoms with van der Waals surface area (Å²) < 4.78 is 12.1. The molecule has 1 aromatic heterocycles. The number of carbonyl (C=O) groups excluding carboxylic acids is 1. The summed E-state index contributed by atoms with van der Waals surface area (Å²) in [6.07, 6.45) is 3.63. The van der Waals surface area contributed by atoms with Crippen LogP contribution in [0.15, 0.2) is 46.9 Å². The number of amides is 1. The van der Waals surface area contributed by atoms with Crippen molar-refractivity contribution in [2.45, 2.75) is 43.3 Å². The summed E-state index contributed by atoms with van der Waals surface area (Å²) in [6.45, 7) is 8.13. The Kier molecular flexibility index (Phi) is 7.24. The summed E-state index contributed by atoms with van der Waals surface area (Å²) in [7, 11) is 1.67. The lowest BCUT2D eigenvalue weighted by atomic mass is 9.64. The van der Waals surface area contributed by atoms with Crippen LogP contribution in [0.3, 0.4) is 0 Å². The Bertz CT molecular complexity index is 1090. The van der Waals surface area contributed by atoms with Crippen molar-refractivity contribution in [1.82, 2.24) is 14.5 Å². The molecule has 0 saturated carbocycles. The number of benzene rings is 1. The summed E-state index contributed by atoms with van der Waals surface area (Å²) in [5.41, 5.74) is 3.45. The maximum absolute atomic E-state index is 14.0. The normalized spacial score (nSPS) is 16.2. The first-order valence-electron chi connectivity index (χ1n) is 11.4. The molecule has 1 amide bonds. The molecule has 8 heteroatoms. The van der Waals surface area contributed by atoms with E-state index in [9.17, 15) is 9.59 Å². The lowest BCUT2D eigenvalue weighted by molar-refractivity contribution is 0.0854. The molecule has 1 fully saturated rings. The molecule has 0 unspecified atom stereocenters. The van der Waals surface area contributed by atoms with E-state index in [-0.39, 0.29) is 17.1 Å². The van der Waals surface area contributed by atoms with Crippen LogP contribution in [0.4, 0.5) is 4.79 Å². The molecule has 1 aromatic carbocycles. The van der Waals surface area contributed by atoms with Gasteiger partial charge in [0, 0.05) is 43.5 Å². The summed E-state index contributed by atoms with van der Waals surface area (Å²) in [4.78, 5) is 33.1. The van der Waals surface area contributed by atoms with Crippen molar-refractivity contribution in [3.63, 3.8) is 0 Å². The highest BCUT2D eigenvalue weighted by molar-refractivity contribution is 7.99. The number of piperidine rings is 1. The van der Waals surface area contributed by atoms with Crippen molar-refractivity contribution in [2.75, 3.05) is 39.2 Å². The van der Waals surface area contributed by atoms with Crippen molar-refractivity contribution in [3.8, 4) is 11.3 Å². The van der Waals surface area contributed by atoms with Crippen LogP contribution in [0, 0.1) is 0 Å². The van der Waals surface area contributed by atoms with Gasteiger partial charge in [-0.1, -0.05) is 42.1 Å². The molecule has 1 aliphatic heterocycles. The van der Waals surface area contributed by atoms with E-state index in [1.54, 1.807) is 22.7 Å². The number of allylic oxidation sites excluding steroid dienone is 1. The van der Waals surface area contributed by atoms with Gasteiger partial charge in [-0.15, -0.1) is 6.58 Å². The van der Waals surface area contributed by atoms with E-state index in [0.717, 1.165) is 23.2 Å². The van der Waals surface area contributed by atoms with Crippen molar-refractivity contribution in [1.29, 1.82) is 0 Å². The van der Waals surface area contributed by atoms with Crippen molar-refractivity contribution in [3.05, 3.63) is 58.4 Å². The minimum Gasteiger partial charge on any atom is -0.450 e. The van der Waals surface area contributed by atoms with E-state index in [0.29, 0.717) is 56.6 Å². The zero-order valence-corrected chi connectivity index (χ0v) is 20.2. The Labute approximate surface area is 198 Å². The second-order valence-electron chi connectivity index (χ2n) is 8.46. The lowest BCUT2D eigenvalue weighted by Crippen LogP contribution is -2.50. The van der Waals surface area contributed by atoms with Gasteiger partial charge in [-0.3, -0.25) is 9.36 Å². The molecule has 33 heavy (non-hydrogen) atoms. The van der Waals surface area contributed by atoms with Crippen LogP contribution in [0.25, 0.3) is 11.3 Å². The Morgan fingerprint density at radius 2 is 2.06 bits per heavy atom. The van der Waals surface area contributed by atoms with Gasteiger partial charge in [-0.2, -0.15) is 0 Å². The zero-order chi connectivity index (χ0) is 23.4. The van der Waals surface area contributed by atoms with E-state index in [2.05, 4.69) is 18.7 Å². The molecule has 2 heterocycles. The van der Waals surface area contributed by atoms with Gasteiger partial charge in [0.15, 0.2) is 5.16 Å². The first kappa shape index (κ1) is 23.6. The first-order valence-corrected chi connectivity index (χ1v) is 12.4. The molecule has 2 aromatic rings. The second kappa shape index (κ2) is 10.1. The SMILES string of the molecule is C=CCn1c(SCCOC)nc2c(c1=O)C1(CCN(C(=O)OCC)CC1)Cc1ccccc1-2. The summed E-state index contributed by atoms with van der Waals surface area (Å²) >= 11 is 1.53. The third-order valence-electron chi connectivity index (χ3n) is 6.54. The van der Waals surface area contributed by atoms with Crippen molar-refractivity contribution in [2.24, 2.45) is 0 Å². The molecule has 2 aliphatic rings. The van der Waals surface area contributed by atoms with Gasteiger partial charge in [0.05, 0.1) is 24.5 Å². The fourth-order valence-corrected chi connectivity index (χ4v) is 5.84. The highest BCUT2D eigenvalue weighted by Crippen LogP contribution is 2.46. The van der Waals surface area contributed by atoms with Gasteiger partial charge in [0.25, 0.3) is 5.56 Å². The van der Waals surface area contributed by atoms with Gasteiger partial charge in [-0.05, 0) is 31.7 Å². The molecule has 7 nitrogen and oxygen atoms in total. The first-order chi connectivity index (χ1) is 16.0. The molecule has 0 radical (unpaired) electrons. The average Bonchev–Trinajstić information content (AvgIpc) is 2.82. The van der Waals surface area contributed by atoms with Crippen LogP contribution in [-0.4, -0.2) is 59.7 Å². The number of likely N-dealkylation sites (tertiary alicyclic amines) is 1. The maximum atomic E-state index is 14.0. The third-order valence-corrected chi connectivity index (χ3v) is 7.48. The number of ether oxygens (including phenoxy) is 2. The van der Waals surface area contributed by atoms with Crippen LogP contribution < -0.4 is 5.56 Å². The van der Waals surface area contributed by atoms with Gasteiger partial charge in [0.2, 0.25) is 0 Å². The fraction of sp³-hybridized carbons (Fsp3) is 0.480. The predicted molar refractivity (Wildman–Crippen MR) is 130 cm³/mol. The monoisotopic (exact) mass is 469 g/mol. The number of rotatable bonds is 7. The van der Waals surface area contributed by atoms with Crippen molar-refractivity contribution >= 4 is 17.9 Å². The minimum absolute atomic E-state index is 0.00101. The number of hydrogen-bond donors (Lipinski definition) is 0. The van der Waals surface area contributed by atoms with Crippen LogP contribution in [0.1, 0.15) is 30.9 Å². The topological polar surface area (TPSA) is 73.7 Å². The molecular formula is C25H31N3O4S. The fourth-order valence-electron chi connectivity index (χ4n) is 4.94. The molecule has 1 aliphatic carbocycles. The predicted octanol–water partition coefficient (Wildman–Crippen LogP) is 3.88. The number of hydrogen-bond acceptors (Lipinski definition) is 6. The van der Waals surface area contributed by atoms with Crippen LogP contribution in [0.5, 0.6) is 0 Å². The smallest absolute Gasteiger partial charge is 0.409 e. The van der Waals surface area contributed by atoms with Crippen LogP contribution in [-0.2, 0) is 27.9 Å². The molecular weight excluding hydrogens is 438 g/mol. The highest BCUT2D eigenvalue weighted by atomic mass is 32.2. The highest BCUT2D eigenvalue weighted by Gasteiger charge is 2.45. The maximum Gasteiger partial charge on any atom is 0.409 e. The summed E-state index contributed by atoms with van der Waals surface area (Å²) in [6, 6.07) is 8.23. The van der Waals surface area contributed by atoms with E-state index in [1.807, 2.05) is 19.1 Å². The molecule has 0 atom stereocenters. The molecule has 176 valence electrons. The standard InChI is InChI=1S/C25H31N3O4S/c1-4-12-28-22(29)20-21(26-23(28)33-16-15-31-3)19-9-7-6-8-18(19)17-25(20)10-13-27(14-11-25)24(30)32-5-2/h4,6-9H,1,5,10-17H2,2-3H3. The van der Waals surface area contributed by atoms with E-state index in [1.165, 1.54) is 17.3 Å². The molecule has 4 rings (SSSR count). The van der Waals surface area contributed by atoms with E-state index < -0.39 is 0 Å². The molecule has 0 N–H and O–H groups in total. The number of fused-ring (bicyclic) bond motifs is 4. The zero-order valence-electron chi connectivity index (χ0n) is 19.3. The lowest BCUT2D eigenvalue weighted by Gasteiger charge is -2.44. The number of thioether (sulfide) groups is 1. The van der Waals surface area contributed by atoms with Gasteiger partial charge in [0.1, 0.15) is 0 Å². The van der Waals surface area contributed by atoms with E-state index in [4.69, 9.17) is 14.5 Å². The second-order valence-corrected chi connectivity index (χ2v) is 9.53. The van der Waals surface area contributed by atoms with Gasteiger partial charge in [-0.25, -0.2) is 9.78 Å².